The maximum absolute atomic E-state index is 11.9. The molecule has 3 N–H and O–H groups in total. The summed E-state index contributed by atoms with van der Waals surface area (Å²) in [4.78, 5) is 14.3. The lowest BCUT2D eigenvalue weighted by Crippen LogP contribution is -2.48. The van der Waals surface area contributed by atoms with E-state index in [1.54, 1.807) is 0 Å². The molecule has 1 amide bonds. The van der Waals surface area contributed by atoms with Crippen molar-refractivity contribution >= 4 is 5.91 Å². The Kier molecular flexibility index (Phi) is 5.22. The van der Waals surface area contributed by atoms with Crippen molar-refractivity contribution in [1.82, 2.24) is 10.2 Å². The molecule has 2 saturated carbocycles. The molecule has 19 heavy (non-hydrogen) atoms. The third-order valence-electron chi connectivity index (χ3n) is 4.70. The fourth-order valence-electron chi connectivity index (χ4n) is 3.19. The van der Waals surface area contributed by atoms with Crippen LogP contribution in [0.3, 0.4) is 0 Å². The molecule has 3 atom stereocenters. The number of nitrogens with zero attached hydrogens (tertiary/aromatic N) is 1. The molecule has 0 bridgehead atoms. The quantitative estimate of drug-likeness (QED) is 0.766. The van der Waals surface area contributed by atoms with Crippen LogP contribution in [0.15, 0.2) is 0 Å². The maximum atomic E-state index is 11.9. The largest absolute Gasteiger partial charge is 0.353 e. The van der Waals surface area contributed by atoms with Crippen molar-refractivity contribution in [2.45, 2.75) is 70.0 Å². The zero-order chi connectivity index (χ0) is 13.8. The number of nitrogens with one attached hydrogen (secondary N) is 1. The van der Waals surface area contributed by atoms with Crippen LogP contribution >= 0.6 is 0 Å². The van der Waals surface area contributed by atoms with E-state index >= 15 is 0 Å². The Morgan fingerprint density at radius 2 is 2.11 bits per heavy atom. The minimum absolute atomic E-state index is 0.175. The molecular formula is C15H29N3O. The van der Waals surface area contributed by atoms with Gasteiger partial charge in [0, 0.05) is 31.1 Å². The van der Waals surface area contributed by atoms with E-state index in [0.29, 0.717) is 25.0 Å². The van der Waals surface area contributed by atoms with Crippen LogP contribution in [0.2, 0.25) is 0 Å². The highest BCUT2D eigenvalue weighted by Gasteiger charge is 2.29. The van der Waals surface area contributed by atoms with E-state index in [1.165, 1.54) is 25.7 Å². The molecule has 0 heterocycles. The van der Waals surface area contributed by atoms with Gasteiger partial charge in [-0.2, -0.15) is 0 Å². The van der Waals surface area contributed by atoms with Gasteiger partial charge >= 0.3 is 0 Å². The second-order valence-electron chi connectivity index (χ2n) is 6.53. The van der Waals surface area contributed by atoms with Gasteiger partial charge < -0.3 is 11.1 Å². The summed E-state index contributed by atoms with van der Waals surface area (Å²) < 4.78 is 0. The van der Waals surface area contributed by atoms with E-state index in [-0.39, 0.29) is 11.9 Å². The molecule has 3 unspecified atom stereocenters. The summed E-state index contributed by atoms with van der Waals surface area (Å²) in [6, 6.07) is 1.24. The standard InChI is InChI=1S/C15H29N3O/c1-11-4-3-5-13(8-11)18(2)14(10-16)9-15(19)17-12-6-7-12/h11-14H,3-10,16H2,1-2H3,(H,17,19). The van der Waals surface area contributed by atoms with Crippen LogP contribution in [0.25, 0.3) is 0 Å². The zero-order valence-corrected chi connectivity index (χ0v) is 12.4. The Labute approximate surface area is 117 Å². The van der Waals surface area contributed by atoms with Crippen molar-refractivity contribution in [2.24, 2.45) is 11.7 Å². The van der Waals surface area contributed by atoms with Gasteiger partial charge in [-0.15, -0.1) is 0 Å². The van der Waals surface area contributed by atoms with E-state index in [1.807, 2.05) is 0 Å². The number of carbonyl (C=O) groups excluding carboxylic acids is 1. The first kappa shape index (κ1) is 14.8. The second kappa shape index (κ2) is 6.71. The number of hydrogen-bond acceptors (Lipinski definition) is 3. The summed E-state index contributed by atoms with van der Waals surface area (Å²) >= 11 is 0. The van der Waals surface area contributed by atoms with Crippen LogP contribution in [-0.2, 0) is 4.79 Å². The minimum atomic E-state index is 0.175. The summed E-state index contributed by atoms with van der Waals surface area (Å²) in [5.41, 5.74) is 5.89. The van der Waals surface area contributed by atoms with E-state index in [9.17, 15) is 4.79 Å². The lowest BCUT2D eigenvalue weighted by molar-refractivity contribution is -0.122. The lowest BCUT2D eigenvalue weighted by atomic mass is 9.85. The summed E-state index contributed by atoms with van der Waals surface area (Å²) in [5, 5.41) is 3.06. The average Bonchev–Trinajstić information content (AvgIpc) is 3.19. The topological polar surface area (TPSA) is 58.4 Å². The van der Waals surface area contributed by atoms with E-state index in [4.69, 9.17) is 5.73 Å². The highest BCUT2D eigenvalue weighted by Crippen LogP contribution is 2.28. The molecular weight excluding hydrogens is 238 g/mol. The predicted molar refractivity (Wildman–Crippen MR) is 77.8 cm³/mol. The number of rotatable bonds is 6. The fraction of sp³-hybridized carbons (Fsp3) is 0.933. The number of carbonyl (C=O) groups is 1. The Morgan fingerprint density at radius 1 is 1.37 bits per heavy atom. The molecule has 0 aliphatic heterocycles. The molecule has 2 rings (SSSR count). The third kappa shape index (κ3) is 4.46. The fourth-order valence-corrected chi connectivity index (χ4v) is 3.19. The monoisotopic (exact) mass is 267 g/mol. The van der Waals surface area contributed by atoms with Crippen molar-refractivity contribution in [1.29, 1.82) is 0 Å². The van der Waals surface area contributed by atoms with Crippen molar-refractivity contribution in [3.05, 3.63) is 0 Å². The second-order valence-corrected chi connectivity index (χ2v) is 6.53. The van der Waals surface area contributed by atoms with Crippen molar-refractivity contribution in [2.75, 3.05) is 13.6 Å². The van der Waals surface area contributed by atoms with Crippen LogP contribution in [0.1, 0.15) is 51.9 Å². The first-order valence-electron chi connectivity index (χ1n) is 7.81. The Hall–Kier alpha value is -0.610. The van der Waals surface area contributed by atoms with Crippen LogP contribution < -0.4 is 11.1 Å². The molecule has 0 radical (unpaired) electrons. The van der Waals surface area contributed by atoms with E-state index in [2.05, 4.69) is 24.2 Å². The Morgan fingerprint density at radius 3 is 2.68 bits per heavy atom. The van der Waals surface area contributed by atoms with Gasteiger partial charge in [0.25, 0.3) is 0 Å². The van der Waals surface area contributed by atoms with Crippen LogP contribution in [0.4, 0.5) is 0 Å². The first-order valence-corrected chi connectivity index (χ1v) is 7.81. The third-order valence-corrected chi connectivity index (χ3v) is 4.70. The SMILES string of the molecule is CC1CCCC(N(C)C(CN)CC(=O)NC2CC2)C1. The van der Waals surface area contributed by atoms with Gasteiger partial charge in [0.2, 0.25) is 5.91 Å². The summed E-state index contributed by atoms with van der Waals surface area (Å²) in [6.45, 7) is 2.90. The number of amides is 1. The highest BCUT2D eigenvalue weighted by atomic mass is 16.1. The van der Waals surface area contributed by atoms with Gasteiger partial charge in [-0.05, 0) is 38.6 Å². The van der Waals surface area contributed by atoms with Gasteiger partial charge in [-0.1, -0.05) is 19.8 Å². The van der Waals surface area contributed by atoms with E-state index < -0.39 is 0 Å². The van der Waals surface area contributed by atoms with Crippen molar-refractivity contribution in [3.8, 4) is 0 Å². The van der Waals surface area contributed by atoms with Crippen molar-refractivity contribution < 1.29 is 4.79 Å². The molecule has 4 nitrogen and oxygen atoms in total. The molecule has 0 aromatic heterocycles. The Bertz CT molecular complexity index is 304. The van der Waals surface area contributed by atoms with Crippen molar-refractivity contribution in [3.63, 3.8) is 0 Å². The highest BCUT2D eigenvalue weighted by molar-refractivity contribution is 5.77. The van der Waals surface area contributed by atoms with Gasteiger partial charge in [0.05, 0.1) is 0 Å². The van der Waals surface area contributed by atoms with Gasteiger partial charge in [-0.3, -0.25) is 9.69 Å². The molecule has 2 aliphatic rings. The molecule has 0 saturated heterocycles. The number of nitrogens with two attached hydrogens (primary N) is 1. The maximum Gasteiger partial charge on any atom is 0.221 e. The predicted octanol–water partition coefficient (Wildman–Crippen LogP) is 1.49. The molecule has 2 aliphatic carbocycles. The van der Waals surface area contributed by atoms with Crippen LogP contribution in [0.5, 0.6) is 0 Å². The summed E-state index contributed by atoms with van der Waals surface area (Å²) in [6.07, 6.45) is 8.00. The number of hydrogen-bond donors (Lipinski definition) is 2. The van der Waals surface area contributed by atoms with Crippen LogP contribution in [-0.4, -0.2) is 42.5 Å². The summed E-state index contributed by atoms with van der Waals surface area (Å²) in [7, 11) is 2.14. The molecule has 0 spiro atoms. The smallest absolute Gasteiger partial charge is 0.221 e. The summed E-state index contributed by atoms with van der Waals surface area (Å²) in [5.74, 6) is 0.980. The van der Waals surface area contributed by atoms with E-state index in [0.717, 1.165) is 18.8 Å². The van der Waals surface area contributed by atoms with Gasteiger partial charge in [-0.25, -0.2) is 0 Å². The Balaban J connectivity index is 1.82. The minimum Gasteiger partial charge on any atom is -0.353 e. The lowest BCUT2D eigenvalue weighted by Gasteiger charge is -2.38. The number of likely N-dealkylation sites (N-methyl/N-ethyl adjacent to an activating group) is 1. The molecule has 0 aromatic rings. The zero-order valence-electron chi connectivity index (χ0n) is 12.4. The molecule has 2 fully saturated rings. The van der Waals surface area contributed by atoms with Gasteiger partial charge in [0.15, 0.2) is 0 Å². The van der Waals surface area contributed by atoms with Crippen LogP contribution in [0, 0.1) is 5.92 Å². The molecule has 110 valence electrons. The first-order chi connectivity index (χ1) is 9.10. The average molecular weight is 267 g/mol. The normalized spacial score (nSPS) is 29.3. The molecule has 4 heteroatoms. The van der Waals surface area contributed by atoms with Gasteiger partial charge in [0.1, 0.15) is 0 Å². The molecule has 0 aromatic carbocycles.